The van der Waals surface area contributed by atoms with Crippen LogP contribution in [0.4, 0.5) is 5.82 Å². The van der Waals surface area contributed by atoms with Gasteiger partial charge in [-0.05, 0) is 31.2 Å². The van der Waals surface area contributed by atoms with Crippen molar-refractivity contribution >= 4 is 17.6 Å². The van der Waals surface area contributed by atoms with E-state index in [9.17, 15) is 0 Å². The normalized spacial score (nSPS) is 10.6. The number of hydrogen-bond acceptors (Lipinski definition) is 4. The fraction of sp³-hybridized carbons (Fsp3) is 0.375. The monoisotopic (exact) mass is 287 g/mol. The van der Waals surface area contributed by atoms with E-state index in [1.807, 2.05) is 24.8 Å². The SMILES string of the molecule is CCCNc1cc(C)nc(-c2ccc(SCC)cc2)n1. The molecule has 1 aromatic heterocycles. The molecule has 0 saturated heterocycles. The number of benzene rings is 1. The van der Waals surface area contributed by atoms with Gasteiger partial charge in [0.25, 0.3) is 0 Å². The molecule has 4 heteroatoms. The Balaban J connectivity index is 2.24. The lowest BCUT2D eigenvalue weighted by Gasteiger charge is -2.08. The van der Waals surface area contributed by atoms with Gasteiger partial charge in [0.15, 0.2) is 5.82 Å². The molecule has 0 aliphatic rings. The van der Waals surface area contributed by atoms with Crippen molar-refractivity contribution in [3.8, 4) is 11.4 Å². The molecule has 0 fully saturated rings. The van der Waals surface area contributed by atoms with Crippen LogP contribution in [0, 0.1) is 6.92 Å². The molecule has 106 valence electrons. The zero-order valence-electron chi connectivity index (χ0n) is 12.3. The molecule has 0 atom stereocenters. The van der Waals surface area contributed by atoms with Gasteiger partial charge in [-0.1, -0.05) is 26.0 Å². The Morgan fingerprint density at radius 1 is 1.10 bits per heavy atom. The second-order valence-electron chi connectivity index (χ2n) is 4.60. The molecule has 1 heterocycles. The third-order valence-electron chi connectivity index (χ3n) is 2.83. The standard InChI is InChI=1S/C16H21N3S/c1-4-10-17-15-11-12(3)18-16(19-15)13-6-8-14(9-7-13)20-5-2/h6-9,11H,4-5,10H2,1-3H3,(H,17,18,19). The van der Waals surface area contributed by atoms with Crippen molar-refractivity contribution in [2.45, 2.75) is 32.1 Å². The van der Waals surface area contributed by atoms with Crippen molar-refractivity contribution in [3.05, 3.63) is 36.0 Å². The molecule has 0 radical (unpaired) electrons. The number of nitrogens with one attached hydrogen (secondary N) is 1. The number of aryl methyl sites for hydroxylation is 1. The summed E-state index contributed by atoms with van der Waals surface area (Å²) in [7, 11) is 0. The van der Waals surface area contributed by atoms with Crippen LogP contribution in [-0.4, -0.2) is 22.3 Å². The van der Waals surface area contributed by atoms with Crippen molar-refractivity contribution in [1.29, 1.82) is 0 Å². The molecule has 0 bridgehead atoms. The third-order valence-corrected chi connectivity index (χ3v) is 3.73. The van der Waals surface area contributed by atoms with Crippen LogP contribution in [-0.2, 0) is 0 Å². The average molecular weight is 287 g/mol. The van der Waals surface area contributed by atoms with E-state index in [4.69, 9.17) is 0 Å². The van der Waals surface area contributed by atoms with Gasteiger partial charge in [0.05, 0.1) is 0 Å². The van der Waals surface area contributed by atoms with Gasteiger partial charge < -0.3 is 5.32 Å². The van der Waals surface area contributed by atoms with Crippen LogP contribution < -0.4 is 5.32 Å². The first-order valence-corrected chi connectivity index (χ1v) is 8.04. The van der Waals surface area contributed by atoms with E-state index in [0.29, 0.717) is 0 Å². The summed E-state index contributed by atoms with van der Waals surface area (Å²) in [6, 6.07) is 10.4. The summed E-state index contributed by atoms with van der Waals surface area (Å²) in [4.78, 5) is 10.4. The highest BCUT2D eigenvalue weighted by atomic mass is 32.2. The number of rotatable bonds is 6. The van der Waals surface area contributed by atoms with Crippen LogP contribution >= 0.6 is 11.8 Å². The minimum Gasteiger partial charge on any atom is -0.370 e. The van der Waals surface area contributed by atoms with Gasteiger partial charge >= 0.3 is 0 Å². The zero-order valence-corrected chi connectivity index (χ0v) is 13.1. The molecule has 0 unspecified atom stereocenters. The number of anilines is 1. The van der Waals surface area contributed by atoms with Crippen molar-refractivity contribution in [3.63, 3.8) is 0 Å². The van der Waals surface area contributed by atoms with E-state index in [0.717, 1.165) is 41.6 Å². The summed E-state index contributed by atoms with van der Waals surface area (Å²) in [6.45, 7) is 7.24. The van der Waals surface area contributed by atoms with E-state index in [2.05, 4.69) is 53.4 Å². The molecular weight excluding hydrogens is 266 g/mol. The van der Waals surface area contributed by atoms with Crippen molar-refractivity contribution in [2.24, 2.45) is 0 Å². The van der Waals surface area contributed by atoms with Gasteiger partial charge in [0.1, 0.15) is 5.82 Å². The minimum atomic E-state index is 0.789. The predicted octanol–water partition coefficient (Wildman–Crippen LogP) is 4.39. The van der Waals surface area contributed by atoms with Crippen LogP contribution in [0.1, 0.15) is 26.0 Å². The molecule has 0 aliphatic carbocycles. The van der Waals surface area contributed by atoms with E-state index >= 15 is 0 Å². The maximum absolute atomic E-state index is 4.59. The van der Waals surface area contributed by atoms with Gasteiger partial charge in [-0.3, -0.25) is 0 Å². The molecular formula is C16H21N3S. The van der Waals surface area contributed by atoms with E-state index < -0.39 is 0 Å². The van der Waals surface area contributed by atoms with Crippen molar-refractivity contribution < 1.29 is 0 Å². The maximum Gasteiger partial charge on any atom is 0.161 e. The third kappa shape index (κ3) is 3.97. The Morgan fingerprint density at radius 3 is 2.50 bits per heavy atom. The lowest BCUT2D eigenvalue weighted by molar-refractivity contribution is 0.962. The smallest absolute Gasteiger partial charge is 0.161 e. The summed E-state index contributed by atoms with van der Waals surface area (Å²) >= 11 is 1.84. The van der Waals surface area contributed by atoms with Gasteiger partial charge in [-0.15, -0.1) is 11.8 Å². The number of nitrogens with zero attached hydrogens (tertiary/aromatic N) is 2. The van der Waals surface area contributed by atoms with E-state index in [1.54, 1.807) is 0 Å². The average Bonchev–Trinajstić information content (AvgIpc) is 2.46. The van der Waals surface area contributed by atoms with Crippen molar-refractivity contribution in [1.82, 2.24) is 9.97 Å². The molecule has 0 saturated carbocycles. The highest BCUT2D eigenvalue weighted by Gasteiger charge is 2.05. The molecule has 2 rings (SSSR count). The molecule has 0 spiro atoms. The Kier molecular flexibility index (Phi) is 5.41. The first-order valence-electron chi connectivity index (χ1n) is 7.05. The van der Waals surface area contributed by atoms with Gasteiger partial charge in [-0.2, -0.15) is 0 Å². The van der Waals surface area contributed by atoms with Crippen LogP contribution in [0.15, 0.2) is 35.2 Å². The first kappa shape index (κ1) is 14.9. The van der Waals surface area contributed by atoms with Crippen molar-refractivity contribution in [2.75, 3.05) is 17.6 Å². The quantitative estimate of drug-likeness (QED) is 0.800. The lowest BCUT2D eigenvalue weighted by Crippen LogP contribution is -2.04. The predicted molar refractivity (Wildman–Crippen MR) is 87.4 cm³/mol. The highest BCUT2D eigenvalue weighted by molar-refractivity contribution is 7.99. The van der Waals surface area contributed by atoms with Gasteiger partial charge in [0.2, 0.25) is 0 Å². The Morgan fingerprint density at radius 2 is 1.85 bits per heavy atom. The Hall–Kier alpha value is -1.55. The second-order valence-corrected chi connectivity index (χ2v) is 5.94. The number of thioether (sulfide) groups is 1. The summed E-state index contributed by atoms with van der Waals surface area (Å²) in [5.41, 5.74) is 2.05. The number of hydrogen-bond donors (Lipinski definition) is 1. The Bertz CT molecular complexity index is 552. The van der Waals surface area contributed by atoms with Gasteiger partial charge in [0, 0.05) is 28.8 Å². The molecule has 3 nitrogen and oxygen atoms in total. The van der Waals surface area contributed by atoms with Crippen LogP contribution in [0.25, 0.3) is 11.4 Å². The van der Waals surface area contributed by atoms with Crippen LogP contribution in [0.2, 0.25) is 0 Å². The molecule has 0 aliphatic heterocycles. The summed E-state index contributed by atoms with van der Waals surface area (Å²) in [5, 5.41) is 3.32. The minimum absolute atomic E-state index is 0.789. The fourth-order valence-corrected chi connectivity index (χ4v) is 2.57. The van der Waals surface area contributed by atoms with Gasteiger partial charge in [-0.25, -0.2) is 9.97 Å². The zero-order chi connectivity index (χ0) is 14.4. The molecule has 20 heavy (non-hydrogen) atoms. The summed E-state index contributed by atoms with van der Waals surface area (Å²) in [5.74, 6) is 2.78. The maximum atomic E-state index is 4.59. The van der Waals surface area contributed by atoms with E-state index in [-0.39, 0.29) is 0 Å². The highest BCUT2D eigenvalue weighted by Crippen LogP contribution is 2.23. The first-order chi connectivity index (χ1) is 9.72. The number of aromatic nitrogens is 2. The molecule has 2 aromatic rings. The molecule has 1 N–H and O–H groups in total. The molecule has 1 aromatic carbocycles. The second kappa shape index (κ2) is 7.29. The topological polar surface area (TPSA) is 37.8 Å². The van der Waals surface area contributed by atoms with E-state index in [1.165, 1.54) is 4.90 Å². The largest absolute Gasteiger partial charge is 0.370 e. The molecule has 0 amide bonds. The summed E-state index contributed by atoms with van der Waals surface area (Å²) in [6.07, 6.45) is 1.08. The Labute approximate surface area is 125 Å². The fourth-order valence-electron chi connectivity index (χ4n) is 1.91. The van der Waals surface area contributed by atoms with Crippen LogP contribution in [0.3, 0.4) is 0 Å². The van der Waals surface area contributed by atoms with Crippen LogP contribution in [0.5, 0.6) is 0 Å². The lowest BCUT2D eigenvalue weighted by atomic mass is 10.2. The summed E-state index contributed by atoms with van der Waals surface area (Å²) < 4.78 is 0.